The molecule has 0 aliphatic heterocycles. The fraction of sp³-hybridized carbons (Fsp3) is 0.615. The Balaban J connectivity index is 2.12. The lowest BCUT2D eigenvalue weighted by Gasteiger charge is -2.28. The maximum absolute atomic E-state index is 8.85. The lowest BCUT2D eigenvalue weighted by atomic mass is 9.88. The summed E-state index contributed by atoms with van der Waals surface area (Å²) < 4.78 is 5.82. The number of ether oxygens (including phenoxy) is 1. The van der Waals surface area contributed by atoms with Gasteiger partial charge in [0.2, 0.25) is 0 Å². The fourth-order valence-corrected chi connectivity index (χ4v) is 2.24. The molecule has 2 unspecified atom stereocenters. The number of aromatic nitrogens is 2. The van der Waals surface area contributed by atoms with Gasteiger partial charge in [0.1, 0.15) is 17.9 Å². The molecule has 0 radical (unpaired) electrons. The molecule has 0 N–H and O–H groups in total. The van der Waals surface area contributed by atoms with Crippen molar-refractivity contribution in [1.82, 2.24) is 9.97 Å². The molecule has 4 nitrogen and oxygen atoms in total. The van der Waals surface area contributed by atoms with Crippen molar-refractivity contribution >= 4 is 0 Å². The van der Waals surface area contributed by atoms with Crippen LogP contribution in [0.3, 0.4) is 0 Å². The lowest BCUT2D eigenvalue weighted by molar-refractivity contribution is 0.0920. The van der Waals surface area contributed by atoms with Gasteiger partial charge in [-0.15, -0.1) is 0 Å². The van der Waals surface area contributed by atoms with Gasteiger partial charge in [-0.25, -0.2) is 4.98 Å². The zero-order valence-corrected chi connectivity index (χ0v) is 10.3. The number of hydrogen-bond donors (Lipinski definition) is 0. The van der Waals surface area contributed by atoms with Gasteiger partial charge in [0.05, 0.1) is 0 Å². The molecule has 1 aliphatic carbocycles. The van der Waals surface area contributed by atoms with Gasteiger partial charge in [0.15, 0.2) is 0 Å². The average molecular weight is 231 g/mol. The standard InChI is InChI=1S/C13H17N3O/c1-9-5-3-4-6-12(9)17-13-15-10(2)7-11(8-14)16-13/h7,9,12H,3-6H2,1-2H3. The summed E-state index contributed by atoms with van der Waals surface area (Å²) in [4.78, 5) is 8.31. The first-order valence-corrected chi connectivity index (χ1v) is 6.11. The van der Waals surface area contributed by atoms with Crippen LogP contribution in [0.2, 0.25) is 0 Å². The zero-order chi connectivity index (χ0) is 12.3. The molecule has 2 rings (SSSR count). The van der Waals surface area contributed by atoms with Crippen molar-refractivity contribution in [2.24, 2.45) is 5.92 Å². The molecule has 1 aliphatic rings. The van der Waals surface area contributed by atoms with Gasteiger partial charge in [0, 0.05) is 5.69 Å². The minimum atomic E-state index is 0.192. The zero-order valence-electron chi connectivity index (χ0n) is 10.3. The summed E-state index contributed by atoms with van der Waals surface area (Å²) >= 11 is 0. The van der Waals surface area contributed by atoms with E-state index in [9.17, 15) is 0 Å². The van der Waals surface area contributed by atoms with Crippen molar-refractivity contribution in [3.8, 4) is 12.1 Å². The van der Waals surface area contributed by atoms with E-state index in [-0.39, 0.29) is 6.10 Å². The van der Waals surface area contributed by atoms with Gasteiger partial charge < -0.3 is 4.74 Å². The predicted molar refractivity (Wildman–Crippen MR) is 63.5 cm³/mol. The largest absolute Gasteiger partial charge is 0.460 e. The Kier molecular flexibility index (Phi) is 3.58. The molecule has 0 saturated heterocycles. The maximum atomic E-state index is 8.85. The second kappa shape index (κ2) is 5.13. The minimum Gasteiger partial charge on any atom is -0.460 e. The number of hydrogen-bond acceptors (Lipinski definition) is 4. The molecule has 90 valence electrons. The average Bonchev–Trinajstić information content (AvgIpc) is 2.31. The summed E-state index contributed by atoms with van der Waals surface area (Å²) in [5.74, 6) is 0.540. The van der Waals surface area contributed by atoms with Crippen molar-refractivity contribution in [1.29, 1.82) is 5.26 Å². The monoisotopic (exact) mass is 231 g/mol. The third-order valence-corrected chi connectivity index (χ3v) is 3.24. The van der Waals surface area contributed by atoms with Crippen LogP contribution in [0.1, 0.15) is 44.0 Å². The Morgan fingerprint density at radius 2 is 2.12 bits per heavy atom. The Morgan fingerprint density at radius 1 is 1.35 bits per heavy atom. The molecule has 0 bridgehead atoms. The molecular formula is C13H17N3O. The van der Waals surface area contributed by atoms with Crippen LogP contribution >= 0.6 is 0 Å². The van der Waals surface area contributed by atoms with Crippen LogP contribution in [0.25, 0.3) is 0 Å². The Morgan fingerprint density at radius 3 is 2.82 bits per heavy atom. The lowest BCUT2D eigenvalue weighted by Crippen LogP contribution is -2.29. The summed E-state index contributed by atoms with van der Waals surface area (Å²) in [5.41, 5.74) is 1.14. The van der Waals surface area contributed by atoms with Crippen molar-refractivity contribution in [2.45, 2.75) is 45.6 Å². The van der Waals surface area contributed by atoms with Crippen molar-refractivity contribution < 1.29 is 4.74 Å². The van der Waals surface area contributed by atoms with E-state index in [4.69, 9.17) is 10.00 Å². The molecule has 1 fully saturated rings. The van der Waals surface area contributed by atoms with E-state index in [0.717, 1.165) is 12.1 Å². The van der Waals surface area contributed by atoms with Crippen LogP contribution in [0.15, 0.2) is 6.07 Å². The van der Waals surface area contributed by atoms with Crippen LogP contribution in [0, 0.1) is 24.2 Å². The molecule has 17 heavy (non-hydrogen) atoms. The first kappa shape index (κ1) is 11.8. The second-order valence-corrected chi connectivity index (χ2v) is 4.71. The highest BCUT2D eigenvalue weighted by atomic mass is 16.5. The highest BCUT2D eigenvalue weighted by molar-refractivity contribution is 5.23. The molecule has 1 saturated carbocycles. The number of nitrogens with zero attached hydrogens (tertiary/aromatic N) is 3. The van der Waals surface area contributed by atoms with Gasteiger partial charge in [-0.1, -0.05) is 13.3 Å². The molecule has 4 heteroatoms. The van der Waals surface area contributed by atoms with Crippen LogP contribution < -0.4 is 4.74 Å². The van der Waals surface area contributed by atoms with E-state index < -0.39 is 0 Å². The van der Waals surface area contributed by atoms with Crippen LogP contribution in [-0.4, -0.2) is 16.1 Å². The highest BCUT2D eigenvalue weighted by Gasteiger charge is 2.23. The summed E-state index contributed by atoms with van der Waals surface area (Å²) in [7, 11) is 0. The molecule has 1 aromatic heterocycles. The van der Waals surface area contributed by atoms with Gasteiger partial charge in [-0.2, -0.15) is 10.2 Å². The first-order chi connectivity index (χ1) is 8.19. The summed E-state index contributed by atoms with van der Waals surface area (Å²) in [6.07, 6.45) is 4.92. The molecule has 1 aromatic rings. The Bertz CT molecular complexity index is 439. The molecular weight excluding hydrogens is 214 g/mol. The molecule has 0 aromatic carbocycles. The van der Waals surface area contributed by atoms with Crippen LogP contribution in [0.4, 0.5) is 0 Å². The topological polar surface area (TPSA) is 58.8 Å². The van der Waals surface area contributed by atoms with Gasteiger partial charge >= 0.3 is 6.01 Å². The number of aryl methyl sites for hydroxylation is 1. The SMILES string of the molecule is Cc1cc(C#N)nc(OC2CCCCC2C)n1. The van der Waals surface area contributed by atoms with E-state index in [1.165, 1.54) is 19.3 Å². The van der Waals surface area contributed by atoms with Crippen molar-refractivity contribution in [3.05, 3.63) is 17.5 Å². The van der Waals surface area contributed by atoms with Crippen molar-refractivity contribution in [3.63, 3.8) is 0 Å². The third-order valence-electron chi connectivity index (χ3n) is 3.24. The molecule has 0 amide bonds. The fourth-order valence-electron chi connectivity index (χ4n) is 2.24. The van der Waals surface area contributed by atoms with E-state index >= 15 is 0 Å². The summed E-state index contributed by atoms with van der Waals surface area (Å²) in [5, 5.41) is 8.85. The van der Waals surface area contributed by atoms with E-state index in [1.54, 1.807) is 6.07 Å². The van der Waals surface area contributed by atoms with E-state index in [0.29, 0.717) is 17.6 Å². The first-order valence-electron chi connectivity index (χ1n) is 6.11. The highest BCUT2D eigenvalue weighted by Crippen LogP contribution is 2.26. The van der Waals surface area contributed by atoms with Gasteiger partial charge in [-0.3, -0.25) is 0 Å². The second-order valence-electron chi connectivity index (χ2n) is 4.71. The van der Waals surface area contributed by atoms with E-state index in [2.05, 4.69) is 16.9 Å². The molecule has 2 atom stereocenters. The summed E-state index contributed by atoms with van der Waals surface area (Å²) in [6.45, 7) is 4.05. The number of rotatable bonds is 2. The van der Waals surface area contributed by atoms with Gasteiger partial charge in [0.25, 0.3) is 0 Å². The quantitative estimate of drug-likeness (QED) is 0.785. The molecule has 0 spiro atoms. The third kappa shape index (κ3) is 2.94. The molecule has 1 heterocycles. The Labute approximate surface area is 102 Å². The Hall–Kier alpha value is -1.63. The minimum absolute atomic E-state index is 0.192. The summed E-state index contributed by atoms with van der Waals surface area (Å²) in [6, 6.07) is 4.04. The normalized spacial score (nSPS) is 24.1. The van der Waals surface area contributed by atoms with Crippen LogP contribution in [-0.2, 0) is 0 Å². The predicted octanol–water partition coefficient (Wildman–Crippen LogP) is 2.61. The smallest absolute Gasteiger partial charge is 0.318 e. The van der Waals surface area contributed by atoms with Crippen molar-refractivity contribution in [2.75, 3.05) is 0 Å². The van der Waals surface area contributed by atoms with Crippen LogP contribution in [0.5, 0.6) is 6.01 Å². The van der Waals surface area contributed by atoms with Gasteiger partial charge in [-0.05, 0) is 38.2 Å². The van der Waals surface area contributed by atoms with E-state index in [1.807, 2.05) is 13.0 Å². The maximum Gasteiger partial charge on any atom is 0.318 e. The number of nitriles is 1.